The van der Waals surface area contributed by atoms with Crippen molar-refractivity contribution in [3.63, 3.8) is 0 Å². The van der Waals surface area contributed by atoms with Gasteiger partial charge in [0, 0.05) is 18.7 Å². The maximum atomic E-state index is 8.62. The van der Waals surface area contributed by atoms with Gasteiger partial charge in [0.2, 0.25) is 0 Å². The molecule has 1 heterocycles. The first-order valence-corrected chi connectivity index (χ1v) is 5.29. The first-order chi connectivity index (χ1) is 7.54. The molecule has 1 rings (SSSR count). The first-order valence-electron chi connectivity index (χ1n) is 5.29. The predicted octanol–water partition coefficient (Wildman–Crippen LogP) is 1.50. The lowest BCUT2D eigenvalue weighted by Crippen LogP contribution is -2.32. The van der Waals surface area contributed by atoms with Crippen molar-refractivity contribution in [2.75, 3.05) is 17.2 Å². The first kappa shape index (κ1) is 12.2. The molecule has 5 nitrogen and oxygen atoms in total. The van der Waals surface area contributed by atoms with Crippen molar-refractivity contribution in [1.29, 1.82) is 5.26 Å². The van der Waals surface area contributed by atoms with Crippen molar-refractivity contribution in [3.05, 3.63) is 11.9 Å². The molecule has 0 amide bonds. The van der Waals surface area contributed by atoms with Crippen LogP contribution in [0, 0.1) is 18.3 Å². The van der Waals surface area contributed by atoms with Crippen molar-refractivity contribution in [1.82, 2.24) is 9.97 Å². The van der Waals surface area contributed by atoms with E-state index in [0.717, 1.165) is 5.82 Å². The SMILES string of the molecule is Cc1nc(N)cc(N(CCC#N)C(C)C)n1. The third-order valence-corrected chi connectivity index (χ3v) is 2.23. The summed E-state index contributed by atoms with van der Waals surface area (Å²) < 4.78 is 0. The molecule has 0 aliphatic heterocycles. The van der Waals surface area contributed by atoms with Crippen LogP contribution >= 0.6 is 0 Å². The van der Waals surface area contributed by atoms with E-state index in [2.05, 4.69) is 29.9 Å². The van der Waals surface area contributed by atoms with Crippen LogP contribution in [-0.2, 0) is 0 Å². The molecule has 0 aromatic carbocycles. The van der Waals surface area contributed by atoms with E-state index in [4.69, 9.17) is 11.0 Å². The monoisotopic (exact) mass is 219 g/mol. The van der Waals surface area contributed by atoms with E-state index < -0.39 is 0 Å². The summed E-state index contributed by atoms with van der Waals surface area (Å²) in [5.41, 5.74) is 5.68. The number of hydrogen-bond donors (Lipinski definition) is 1. The van der Waals surface area contributed by atoms with E-state index in [1.54, 1.807) is 6.07 Å². The fourth-order valence-electron chi connectivity index (χ4n) is 1.53. The van der Waals surface area contributed by atoms with Crippen LogP contribution in [0.1, 0.15) is 26.1 Å². The number of nitrogens with zero attached hydrogens (tertiary/aromatic N) is 4. The zero-order valence-corrected chi connectivity index (χ0v) is 9.94. The molecule has 1 aromatic heterocycles. The Kier molecular flexibility index (Phi) is 4.06. The van der Waals surface area contributed by atoms with Gasteiger partial charge in [-0.2, -0.15) is 5.26 Å². The second-order valence-corrected chi connectivity index (χ2v) is 3.89. The van der Waals surface area contributed by atoms with Gasteiger partial charge in [0.25, 0.3) is 0 Å². The summed E-state index contributed by atoms with van der Waals surface area (Å²) in [7, 11) is 0. The van der Waals surface area contributed by atoms with Gasteiger partial charge >= 0.3 is 0 Å². The van der Waals surface area contributed by atoms with Crippen LogP contribution in [0.25, 0.3) is 0 Å². The van der Waals surface area contributed by atoms with Crippen molar-refractivity contribution in [3.8, 4) is 6.07 Å². The average Bonchev–Trinajstić information content (AvgIpc) is 2.16. The molecule has 16 heavy (non-hydrogen) atoms. The Hall–Kier alpha value is -1.83. The molecule has 0 radical (unpaired) electrons. The lowest BCUT2D eigenvalue weighted by molar-refractivity contribution is 0.674. The normalized spacial score (nSPS) is 10.2. The van der Waals surface area contributed by atoms with Gasteiger partial charge in [0.15, 0.2) is 0 Å². The van der Waals surface area contributed by atoms with E-state index in [9.17, 15) is 0 Å². The Bertz CT molecular complexity index is 374. The van der Waals surface area contributed by atoms with E-state index in [1.807, 2.05) is 11.8 Å². The Morgan fingerprint density at radius 3 is 2.69 bits per heavy atom. The maximum absolute atomic E-state index is 8.62. The third kappa shape index (κ3) is 3.09. The van der Waals surface area contributed by atoms with Gasteiger partial charge in [0.1, 0.15) is 17.5 Å². The average molecular weight is 219 g/mol. The Labute approximate surface area is 95.9 Å². The fourth-order valence-corrected chi connectivity index (χ4v) is 1.53. The molecule has 86 valence electrons. The molecule has 0 saturated carbocycles. The zero-order valence-electron chi connectivity index (χ0n) is 9.94. The number of nitrogen functional groups attached to an aromatic ring is 1. The number of nitriles is 1. The molecule has 0 fully saturated rings. The predicted molar refractivity (Wildman–Crippen MR) is 63.9 cm³/mol. The molecule has 0 spiro atoms. The molecule has 2 N–H and O–H groups in total. The molecular formula is C11H17N5. The van der Waals surface area contributed by atoms with Gasteiger partial charge < -0.3 is 10.6 Å². The molecule has 0 aliphatic rings. The lowest BCUT2D eigenvalue weighted by Gasteiger charge is -2.27. The molecule has 0 unspecified atom stereocenters. The highest BCUT2D eigenvalue weighted by Crippen LogP contribution is 2.16. The van der Waals surface area contributed by atoms with Gasteiger partial charge in [-0.15, -0.1) is 0 Å². The molecule has 0 atom stereocenters. The maximum Gasteiger partial charge on any atom is 0.134 e. The number of aromatic nitrogens is 2. The smallest absolute Gasteiger partial charge is 0.134 e. The lowest BCUT2D eigenvalue weighted by atomic mass is 10.3. The van der Waals surface area contributed by atoms with Crippen LogP contribution in [0.5, 0.6) is 0 Å². The highest BCUT2D eigenvalue weighted by atomic mass is 15.2. The summed E-state index contributed by atoms with van der Waals surface area (Å²) in [5.74, 6) is 1.90. The number of nitrogens with two attached hydrogens (primary N) is 1. The van der Waals surface area contributed by atoms with Crippen LogP contribution in [0.3, 0.4) is 0 Å². The van der Waals surface area contributed by atoms with Gasteiger partial charge in [-0.25, -0.2) is 9.97 Å². The molecule has 0 saturated heterocycles. The molecule has 1 aromatic rings. The largest absolute Gasteiger partial charge is 0.384 e. The summed E-state index contributed by atoms with van der Waals surface area (Å²) in [6, 6.07) is 4.16. The van der Waals surface area contributed by atoms with Crippen molar-refractivity contribution in [2.24, 2.45) is 0 Å². The Balaban J connectivity index is 2.96. The minimum absolute atomic E-state index is 0.280. The summed E-state index contributed by atoms with van der Waals surface area (Å²) in [4.78, 5) is 10.4. The Morgan fingerprint density at radius 2 is 2.19 bits per heavy atom. The number of aryl methyl sites for hydroxylation is 1. The van der Waals surface area contributed by atoms with Crippen molar-refractivity contribution < 1.29 is 0 Å². The topological polar surface area (TPSA) is 78.8 Å². The zero-order chi connectivity index (χ0) is 12.1. The van der Waals surface area contributed by atoms with Crippen LogP contribution in [0.15, 0.2) is 6.07 Å². The second kappa shape index (κ2) is 5.31. The van der Waals surface area contributed by atoms with Crippen LogP contribution in [-0.4, -0.2) is 22.6 Å². The van der Waals surface area contributed by atoms with E-state index >= 15 is 0 Å². The number of anilines is 2. The molecule has 5 heteroatoms. The van der Waals surface area contributed by atoms with E-state index in [0.29, 0.717) is 24.6 Å². The minimum Gasteiger partial charge on any atom is -0.384 e. The van der Waals surface area contributed by atoms with Crippen LogP contribution < -0.4 is 10.6 Å². The van der Waals surface area contributed by atoms with Gasteiger partial charge in [0.05, 0.1) is 12.5 Å². The fraction of sp³-hybridized carbons (Fsp3) is 0.545. The standard InChI is InChI=1S/C11H17N5/c1-8(2)16(6-4-5-12)11-7-10(13)14-9(3)15-11/h7-8H,4,6H2,1-3H3,(H2,13,14,15). The quantitative estimate of drug-likeness (QED) is 0.830. The number of hydrogen-bond acceptors (Lipinski definition) is 5. The van der Waals surface area contributed by atoms with Crippen molar-refractivity contribution >= 4 is 11.6 Å². The summed E-state index contributed by atoms with van der Waals surface area (Å²) in [6.45, 7) is 6.59. The highest BCUT2D eigenvalue weighted by Gasteiger charge is 2.12. The third-order valence-electron chi connectivity index (χ3n) is 2.23. The molecular weight excluding hydrogens is 202 g/mol. The highest BCUT2D eigenvalue weighted by molar-refractivity contribution is 5.47. The van der Waals surface area contributed by atoms with Gasteiger partial charge in [-0.05, 0) is 20.8 Å². The minimum atomic E-state index is 0.280. The van der Waals surface area contributed by atoms with Gasteiger partial charge in [-0.3, -0.25) is 0 Å². The second-order valence-electron chi connectivity index (χ2n) is 3.89. The Morgan fingerprint density at radius 1 is 1.50 bits per heavy atom. The van der Waals surface area contributed by atoms with E-state index in [-0.39, 0.29) is 6.04 Å². The summed E-state index contributed by atoms with van der Waals surface area (Å²) >= 11 is 0. The van der Waals surface area contributed by atoms with Gasteiger partial charge in [-0.1, -0.05) is 0 Å². The molecule has 0 aliphatic carbocycles. The summed E-state index contributed by atoms with van der Waals surface area (Å²) in [5, 5.41) is 8.62. The van der Waals surface area contributed by atoms with Crippen LogP contribution in [0.2, 0.25) is 0 Å². The van der Waals surface area contributed by atoms with Crippen molar-refractivity contribution in [2.45, 2.75) is 33.2 Å². The number of rotatable bonds is 4. The van der Waals surface area contributed by atoms with E-state index in [1.165, 1.54) is 0 Å². The van der Waals surface area contributed by atoms with Crippen LogP contribution in [0.4, 0.5) is 11.6 Å². The summed E-state index contributed by atoms with van der Waals surface area (Å²) in [6.07, 6.45) is 0.473. The molecule has 0 bridgehead atoms.